The number of sulfonamides is 1. The van der Waals surface area contributed by atoms with Crippen molar-refractivity contribution in [2.24, 2.45) is 5.92 Å². The third-order valence-corrected chi connectivity index (χ3v) is 12.9. The maximum absolute atomic E-state index is 13.9. The maximum Gasteiger partial charge on any atom is 0.407 e. The van der Waals surface area contributed by atoms with E-state index in [1.165, 1.54) is 28.7 Å². The van der Waals surface area contributed by atoms with E-state index in [1.807, 2.05) is 36.4 Å². The number of halogens is 1. The van der Waals surface area contributed by atoms with E-state index >= 15 is 0 Å². The Morgan fingerprint density at radius 3 is 2.33 bits per heavy atom. The molecule has 0 unspecified atom stereocenters. The van der Waals surface area contributed by atoms with E-state index in [4.69, 9.17) is 21.1 Å². The summed E-state index contributed by atoms with van der Waals surface area (Å²) in [6.45, 7) is 7.45. The van der Waals surface area contributed by atoms with Crippen molar-refractivity contribution >= 4 is 50.7 Å². The molecule has 0 atom stereocenters. The Balaban J connectivity index is 1.09. The van der Waals surface area contributed by atoms with Gasteiger partial charge in [-0.05, 0) is 96.5 Å². The lowest BCUT2D eigenvalue weighted by molar-refractivity contribution is -0.384. The first-order chi connectivity index (χ1) is 30.4. The first kappa shape index (κ1) is 44.8. The molecule has 2 heterocycles. The molecule has 0 radical (unpaired) electrons. The summed E-state index contributed by atoms with van der Waals surface area (Å²) in [6.07, 6.45) is 0.567. The number of rotatable bonds is 16. The zero-order chi connectivity index (χ0) is 44.5. The fraction of sp³-hybridized carbons (Fsp3) is 0.304. The number of nitro benzene ring substituents is 1. The van der Waals surface area contributed by atoms with E-state index in [0.29, 0.717) is 50.2 Å². The zero-order valence-electron chi connectivity index (χ0n) is 34.7. The van der Waals surface area contributed by atoms with Crippen molar-refractivity contribution in [2.45, 2.75) is 37.8 Å². The van der Waals surface area contributed by atoms with Crippen LogP contribution < -0.4 is 19.7 Å². The molecule has 330 valence electrons. The van der Waals surface area contributed by atoms with Crippen LogP contribution in [0.4, 0.5) is 21.9 Å². The van der Waals surface area contributed by atoms with E-state index in [0.717, 1.165) is 60.9 Å². The van der Waals surface area contributed by atoms with Crippen molar-refractivity contribution < 1.29 is 37.5 Å². The summed E-state index contributed by atoms with van der Waals surface area (Å²) >= 11 is 6.15. The lowest BCUT2D eigenvalue weighted by Crippen LogP contribution is -2.46. The van der Waals surface area contributed by atoms with Crippen LogP contribution in [-0.2, 0) is 27.8 Å². The van der Waals surface area contributed by atoms with Crippen molar-refractivity contribution in [2.75, 3.05) is 62.7 Å². The van der Waals surface area contributed by atoms with E-state index in [-0.39, 0.29) is 29.5 Å². The summed E-state index contributed by atoms with van der Waals surface area (Å²) in [5, 5.41) is 25.3. The van der Waals surface area contributed by atoms with Crippen LogP contribution >= 0.6 is 11.6 Å². The van der Waals surface area contributed by atoms with Crippen LogP contribution in [0.15, 0.2) is 114 Å². The minimum Gasteiger partial charge on any atom is -0.465 e. The van der Waals surface area contributed by atoms with Gasteiger partial charge in [0.25, 0.3) is 21.6 Å². The number of carboxylic acid groups (broad SMARTS) is 1. The Bertz CT molecular complexity index is 2530. The van der Waals surface area contributed by atoms with Gasteiger partial charge in [0.1, 0.15) is 17.2 Å². The van der Waals surface area contributed by atoms with Crippen molar-refractivity contribution in [3.8, 4) is 22.6 Å². The number of hydrogen-bond acceptors (Lipinski definition) is 11. The van der Waals surface area contributed by atoms with Gasteiger partial charge in [-0.25, -0.2) is 17.9 Å². The Kier molecular flexibility index (Phi) is 14.5. The molecular weight excluding hydrogens is 848 g/mol. The van der Waals surface area contributed by atoms with E-state index in [9.17, 15) is 33.2 Å². The Hall–Kier alpha value is -6.20. The van der Waals surface area contributed by atoms with Gasteiger partial charge in [-0.2, -0.15) is 0 Å². The molecular formula is C46H49ClN6O9S. The van der Waals surface area contributed by atoms with Crippen LogP contribution in [0.2, 0.25) is 5.02 Å². The smallest absolute Gasteiger partial charge is 0.407 e. The maximum atomic E-state index is 13.9. The Morgan fingerprint density at radius 1 is 0.937 bits per heavy atom. The number of nitrogens with zero attached hydrogens (tertiary/aromatic N) is 4. The number of carbonyl (C=O) groups is 2. The average molecular weight is 897 g/mol. The molecule has 0 saturated carbocycles. The van der Waals surface area contributed by atoms with Gasteiger partial charge in [-0.3, -0.25) is 19.8 Å². The van der Waals surface area contributed by atoms with Crippen molar-refractivity contribution in [3.05, 3.63) is 141 Å². The Morgan fingerprint density at radius 2 is 1.65 bits per heavy atom. The van der Waals surface area contributed by atoms with Crippen LogP contribution in [0.1, 0.15) is 41.3 Å². The molecule has 5 aromatic carbocycles. The lowest BCUT2D eigenvalue weighted by atomic mass is 9.99. The fourth-order valence-electron chi connectivity index (χ4n) is 7.70. The summed E-state index contributed by atoms with van der Waals surface area (Å²) in [7, 11) is -4.60. The number of amides is 2. The number of carbonyl (C=O) groups excluding carboxylic acids is 1. The van der Waals surface area contributed by atoms with Crippen molar-refractivity contribution in [1.82, 2.24) is 14.5 Å². The molecule has 2 saturated heterocycles. The van der Waals surface area contributed by atoms with Gasteiger partial charge < -0.3 is 29.7 Å². The van der Waals surface area contributed by atoms with Crippen LogP contribution in [-0.4, -0.2) is 92.7 Å². The fourth-order valence-corrected chi connectivity index (χ4v) is 8.81. The summed E-state index contributed by atoms with van der Waals surface area (Å²) < 4.78 is 41.1. The summed E-state index contributed by atoms with van der Waals surface area (Å²) in [5.41, 5.74) is 4.53. The number of anilines is 2. The molecule has 2 amide bonds. The Labute approximate surface area is 371 Å². The second-order valence-corrected chi connectivity index (χ2v) is 17.6. The zero-order valence-corrected chi connectivity index (χ0v) is 36.3. The van der Waals surface area contributed by atoms with Crippen LogP contribution in [0, 0.1) is 16.0 Å². The second-order valence-electron chi connectivity index (χ2n) is 15.5. The van der Waals surface area contributed by atoms with Crippen LogP contribution in [0.25, 0.3) is 11.1 Å². The molecule has 0 aliphatic carbocycles. The summed E-state index contributed by atoms with van der Waals surface area (Å²) in [6, 6.07) is 31.2. The topological polar surface area (TPSA) is 184 Å². The van der Waals surface area contributed by atoms with Crippen LogP contribution in [0.3, 0.4) is 0 Å². The highest BCUT2D eigenvalue weighted by atomic mass is 35.5. The molecule has 17 heteroatoms. The average Bonchev–Trinajstić information content (AvgIpc) is 3.28. The van der Waals surface area contributed by atoms with Gasteiger partial charge in [0.2, 0.25) is 0 Å². The van der Waals surface area contributed by atoms with Gasteiger partial charge in [-0.15, -0.1) is 0 Å². The molecule has 0 aromatic heterocycles. The first-order valence-electron chi connectivity index (χ1n) is 20.7. The van der Waals surface area contributed by atoms with Crippen molar-refractivity contribution in [3.63, 3.8) is 0 Å². The van der Waals surface area contributed by atoms with E-state index in [1.54, 1.807) is 43.3 Å². The predicted molar refractivity (Wildman–Crippen MR) is 241 cm³/mol. The highest BCUT2D eigenvalue weighted by Gasteiger charge is 2.27. The first-order valence-corrected chi connectivity index (χ1v) is 22.6. The number of benzene rings is 5. The molecule has 15 nitrogen and oxygen atoms in total. The SMILES string of the molecule is CCN(Cc1ccc(Oc2cc(N3CCN(Cc4ccccc4-c4ccc(Cl)cc4)CC3)ccc2C(=O)NS(=O)(=O)c2ccc(NCC3CCOCC3)c([N+](=O)[O-])c2)cc1)C(=O)O. The quantitative estimate of drug-likeness (QED) is 0.0635. The third kappa shape index (κ3) is 11.4. The van der Waals surface area contributed by atoms with E-state index in [2.05, 4.69) is 32.0 Å². The molecule has 2 aliphatic rings. The molecule has 0 bridgehead atoms. The third-order valence-electron chi connectivity index (χ3n) is 11.3. The number of piperazine rings is 1. The molecule has 0 spiro atoms. The monoisotopic (exact) mass is 896 g/mol. The minimum absolute atomic E-state index is 0.0756. The molecule has 7 rings (SSSR count). The number of ether oxygens (including phenoxy) is 2. The number of nitrogens with one attached hydrogen (secondary N) is 2. The van der Waals surface area contributed by atoms with Crippen LogP contribution in [0.5, 0.6) is 11.5 Å². The lowest BCUT2D eigenvalue weighted by Gasteiger charge is -2.36. The summed E-state index contributed by atoms with van der Waals surface area (Å²) in [4.78, 5) is 42.3. The second kappa shape index (κ2) is 20.3. The molecule has 63 heavy (non-hydrogen) atoms. The highest BCUT2D eigenvalue weighted by Crippen LogP contribution is 2.34. The van der Waals surface area contributed by atoms with Gasteiger partial charge in [0.05, 0.1) is 15.4 Å². The van der Waals surface area contributed by atoms with E-state index < -0.39 is 37.5 Å². The molecule has 3 N–H and O–H groups in total. The van der Waals surface area contributed by atoms with Gasteiger partial charge >= 0.3 is 6.09 Å². The molecule has 2 aliphatic heterocycles. The van der Waals surface area contributed by atoms with Gasteiger partial charge in [-0.1, -0.05) is 60.1 Å². The van der Waals surface area contributed by atoms with Crippen molar-refractivity contribution in [1.29, 1.82) is 0 Å². The number of nitro groups is 1. The standard InChI is InChI=1S/C46H49ClN6O9S/c1-2-51(46(55)56)30-33-7-14-38(15-8-33)62-44-27-37(52-23-21-50(22-24-52)31-35-5-3-4-6-40(35)34-9-11-36(47)12-10-34)13-17-41(44)45(54)49-63(59,60)39-16-18-42(43(28-39)53(57)58)48-29-32-19-25-61-26-20-32/h3-18,27-28,32,48H,2,19-26,29-31H2,1H3,(H,49,54)(H,55,56). The largest absolute Gasteiger partial charge is 0.465 e. The van der Waals surface area contributed by atoms with Gasteiger partial charge in [0.15, 0.2) is 0 Å². The predicted octanol–water partition coefficient (Wildman–Crippen LogP) is 8.49. The van der Waals surface area contributed by atoms with Gasteiger partial charge in [0, 0.05) is 88.4 Å². The summed E-state index contributed by atoms with van der Waals surface area (Å²) in [5.74, 6) is -0.340. The highest BCUT2D eigenvalue weighted by molar-refractivity contribution is 7.90. The molecule has 5 aromatic rings. The molecule has 2 fully saturated rings. The number of hydrogen-bond donors (Lipinski definition) is 3. The minimum atomic E-state index is -4.60. The normalized spacial score (nSPS) is 14.8.